The van der Waals surface area contributed by atoms with Crippen LogP contribution in [0.2, 0.25) is 0 Å². The molecule has 1 aromatic heterocycles. The van der Waals surface area contributed by atoms with Crippen molar-refractivity contribution in [2.75, 3.05) is 32.7 Å². The molecule has 2 rings (SSSR count). The zero-order valence-electron chi connectivity index (χ0n) is 10.3. The Balaban J connectivity index is 1.90. The first-order valence-electron chi connectivity index (χ1n) is 5.85. The lowest BCUT2D eigenvalue weighted by molar-refractivity contribution is -0.138. The number of hydrogen-bond acceptors (Lipinski definition) is 4. The molecule has 98 valence electrons. The van der Waals surface area contributed by atoms with Crippen LogP contribution in [0.25, 0.3) is 0 Å². The monoisotopic (exact) mass is 252 g/mol. The summed E-state index contributed by atoms with van der Waals surface area (Å²) in [6, 6.07) is 1.71. The number of aliphatic carboxylic acids is 1. The molecule has 1 saturated heterocycles. The number of carbonyl (C=O) groups is 2. The number of carboxylic acid groups (broad SMARTS) is 1. The zero-order valence-corrected chi connectivity index (χ0v) is 10.3. The molecule has 0 radical (unpaired) electrons. The lowest BCUT2D eigenvalue weighted by Gasteiger charge is -2.33. The molecular weight excluding hydrogens is 236 g/mol. The maximum Gasteiger partial charge on any atom is 0.317 e. The van der Waals surface area contributed by atoms with Gasteiger partial charge in [0.15, 0.2) is 0 Å². The van der Waals surface area contributed by atoms with Crippen molar-refractivity contribution < 1.29 is 19.1 Å². The van der Waals surface area contributed by atoms with Crippen LogP contribution in [-0.4, -0.2) is 59.5 Å². The standard InChI is InChI=1S/C12H16N2O4/c1-9-6-10(8-18-9)12(17)14-4-2-13(3-5-14)7-11(15)16/h6,8H,2-5,7H2,1H3,(H,15,16). The quantitative estimate of drug-likeness (QED) is 0.844. The largest absolute Gasteiger partial charge is 0.480 e. The van der Waals surface area contributed by atoms with Crippen molar-refractivity contribution in [1.82, 2.24) is 9.80 Å². The number of amides is 1. The highest BCUT2D eigenvalue weighted by Crippen LogP contribution is 2.11. The summed E-state index contributed by atoms with van der Waals surface area (Å²) in [4.78, 5) is 26.2. The topological polar surface area (TPSA) is 74.0 Å². The Morgan fingerprint density at radius 2 is 2.00 bits per heavy atom. The average Bonchev–Trinajstić information content (AvgIpc) is 2.75. The molecule has 6 nitrogen and oxygen atoms in total. The zero-order chi connectivity index (χ0) is 13.1. The van der Waals surface area contributed by atoms with E-state index in [0.29, 0.717) is 37.5 Å². The van der Waals surface area contributed by atoms with Crippen LogP contribution in [0.3, 0.4) is 0 Å². The number of furan rings is 1. The summed E-state index contributed by atoms with van der Waals surface area (Å²) in [5.74, 6) is -0.176. The van der Waals surface area contributed by atoms with Gasteiger partial charge in [-0.25, -0.2) is 0 Å². The number of nitrogens with zero attached hydrogens (tertiary/aromatic N) is 2. The van der Waals surface area contributed by atoms with Gasteiger partial charge in [-0.15, -0.1) is 0 Å². The van der Waals surface area contributed by atoms with E-state index in [0.717, 1.165) is 0 Å². The van der Waals surface area contributed by atoms with Crippen molar-refractivity contribution in [3.8, 4) is 0 Å². The smallest absolute Gasteiger partial charge is 0.317 e. The summed E-state index contributed by atoms with van der Waals surface area (Å²) in [7, 11) is 0. The number of piperazine rings is 1. The van der Waals surface area contributed by atoms with Gasteiger partial charge in [0.2, 0.25) is 0 Å². The molecule has 1 aromatic rings. The van der Waals surface area contributed by atoms with Crippen LogP contribution in [0, 0.1) is 6.92 Å². The highest BCUT2D eigenvalue weighted by atomic mass is 16.4. The Morgan fingerprint density at radius 1 is 1.33 bits per heavy atom. The molecule has 0 aliphatic carbocycles. The summed E-state index contributed by atoms with van der Waals surface area (Å²) in [6.07, 6.45) is 1.46. The minimum atomic E-state index is -0.833. The van der Waals surface area contributed by atoms with E-state index in [1.165, 1.54) is 6.26 Å². The minimum absolute atomic E-state index is 0.0346. The third-order valence-electron chi connectivity index (χ3n) is 3.00. The molecule has 0 bridgehead atoms. The van der Waals surface area contributed by atoms with Crippen molar-refractivity contribution in [3.63, 3.8) is 0 Å². The molecule has 18 heavy (non-hydrogen) atoms. The lowest BCUT2D eigenvalue weighted by Crippen LogP contribution is -2.49. The molecule has 1 fully saturated rings. The van der Waals surface area contributed by atoms with E-state index in [9.17, 15) is 9.59 Å². The first-order chi connectivity index (χ1) is 8.56. The van der Waals surface area contributed by atoms with E-state index >= 15 is 0 Å². The fourth-order valence-electron chi connectivity index (χ4n) is 2.04. The molecule has 0 spiro atoms. The Morgan fingerprint density at radius 3 is 2.50 bits per heavy atom. The van der Waals surface area contributed by atoms with Gasteiger partial charge in [-0.1, -0.05) is 0 Å². The van der Waals surface area contributed by atoms with Crippen LogP contribution < -0.4 is 0 Å². The summed E-state index contributed by atoms with van der Waals surface area (Å²) in [5.41, 5.74) is 0.555. The molecule has 0 atom stereocenters. The van der Waals surface area contributed by atoms with E-state index in [-0.39, 0.29) is 12.5 Å². The van der Waals surface area contributed by atoms with Gasteiger partial charge >= 0.3 is 5.97 Å². The first kappa shape index (κ1) is 12.6. The molecule has 0 aromatic carbocycles. The summed E-state index contributed by atoms with van der Waals surface area (Å²) in [6.45, 7) is 4.12. The molecule has 1 N–H and O–H groups in total. The molecular formula is C12H16N2O4. The van der Waals surface area contributed by atoms with Crippen LogP contribution in [0.15, 0.2) is 16.7 Å². The van der Waals surface area contributed by atoms with Crippen LogP contribution >= 0.6 is 0 Å². The van der Waals surface area contributed by atoms with Gasteiger partial charge in [-0.3, -0.25) is 14.5 Å². The molecule has 2 heterocycles. The van der Waals surface area contributed by atoms with Crippen LogP contribution in [0.5, 0.6) is 0 Å². The number of carboxylic acids is 1. The number of carbonyl (C=O) groups excluding carboxylic acids is 1. The second-order valence-electron chi connectivity index (χ2n) is 4.41. The number of rotatable bonds is 3. The van der Waals surface area contributed by atoms with E-state index < -0.39 is 5.97 Å². The van der Waals surface area contributed by atoms with Gasteiger partial charge in [-0.2, -0.15) is 0 Å². The number of hydrogen-bond donors (Lipinski definition) is 1. The predicted molar refractivity (Wildman–Crippen MR) is 63.4 cm³/mol. The van der Waals surface area contributed by atoms with E-state index in [2.05, 4.69) is 0 Å². The van der Waals surface area contributed by atoms with Gasteiger partial charge in [0.1, 0.15) is 12.0 Å². The van der Waals surface area contributed by atoms with Crippen molar-refractivity contribution >= 4 is 11.9 Å². The summed E-state index contributed by atoms with van der Waals surface area (Å²) >= 11 is 0. The third-order valence-corrected chi connectivity index (χ3v) is 3.00. The van der Waals surface area contributed by atoms with Gasteiger partial charge < -0.3 is 14.4 Å². The maximum absolute atomic E-state index is 12.1. The van der Waals surface area contributed by atoms with Gasteiger partial charge in [0.05, 0.1) is 12.1 Å². The SMILES string of the molecule is Cc1cc(C(=O)N2CCN(CC(=O)O)CC2)co1. The van der Waals surface area contributed by atoms with Crippen molar-refractivity contribution in [3.05, 3.63) is 23.7 Å². The predicted octanol–water partition coefficient (Wildman–Crippen LogP) is 0.430. The normalized spacial score (nSPS) is 16.8. The first-order valence-corrected chi connectivity index (χ1v) is 5.85. The molecule has 1 aliphatic rings. The Labute approximate surface area is 105 Å². The second kappa shape index (κ2) is 5.22. The molecule has 1 amide bonds. The van der Waals surface area contributed by atoms with Gasteiger partial charge in [-0.05, 0) is 13.0 Å². The number of aryl methyl sites for hydroxylation is 1. The van der Waals surface area contributed by atoms with E-state index in [4.69, 9.17) is 9.52 Å². The average molecular weight is 252 g/mol. The Kier molecular flexibility index (Phi) is 3.66. The lowest BCUT2D eigenvalue weighted by atomic mass is 10.2. The van der Waals surface area contributed by atoms with Gasteiger partial charge in [0.25, 0.3) is 5.91 Å². The van der Waals surface area contributed by atoms with Crippen molar-refractivity contribution in [2.24, 2.45) is 0 Å². The van der Waals surface area contributed by atoms with Gasteiger partial charge in [0, 0.05) is 26.2 Å². The van der Waals surface area contributed by atoms with Crippen molar-refractivity contribution in [1.29, 1.82) is 0 Å². The Hall–Kier alpha value is -1.82. The fraction of sp³-hybridized carbons (Fsp3) is 0.500. The van der Waals surface area contributed by atoms with E-state index in [1.807, 2.05) is 4.90 Å². The molecule has 0 unspecified atom stereocenters. The third kappa shape index (κ3) is 2.89. The van der Waals surface area contributed by atoms with Crippen LogP contribution in [0.1, 0.15) is 16.1 Å². The maximum atomic E-state index is 12.1. The molecule has 6 heteroatoms. The summed E-state index contributed by atoms with van der Waals surface area (Å²) in [5, 5.41) is 8.69. The van der Waals surface area contributed by atoms with E-state index in [1.54, 1.807) is 17.9 Å². The second-order valence-corrected chi connectivity index (χ2v) is 4.41. The Bertz CT molecular complexity index is 447. The highest BCUT2D eigenvalue weighted by Gasteiger charge is 2.23. The van der Waals surface area contributed by atoms with Crippen molar-refractivity contribution in [2.45, 2.75) is 6.92 Å². The highest BCUT2D eigenvalue weighted by molar-refractivity contribution is 5.94. The molecule has 0 saturated carbocycles. The molecule has 1 aliphatic heterocycles. The minimum Gasteiger partial charge on any atom is -0.480 e. The van der Waals surface area contributed by atoms with Crippen LogP contribution in [0.4, 0.5) is 0 Å². The summed E-state index contributed by atoms with van der Waals surface area (Å²) < 4.78 is 5.11. The fourth-order valence-corrected chi connectivity index (χ4v) is 2.04. The van der Waals surface area contributed by atoms with Crippen LogP contribution in [-0.2, 0) is 4.79 Å².